The zero-order valence-corrected chi connectivity index (χ0v) is 10.4. The summed E-state index contributed by atoms with van der Waals surface area (Å²) in [5.74, 6) is -0.870. The summed E-state index contributed by atoms with van der Waals surface area (Å²) in [6.45, 7) is 1.86. The number of hydrogen-bond acceptors (Lipinski definition) is 1. The Balaban J connectivity index is 2.20. The fourth-order valence-corrected chi connectivity index (χ4v) is 2.13. The van der Waals surface area contributed by atoms with Gasteiger partial charge in [0, 0.05) is 6.08 Å². The van der Waals surface area contributed by atoms with Crippen molar-refractivity contribution in [3.8, 4) is 0 Å². The van der Waals surface area contributed by atoms with E-state index in [2.05, 4.69) is 24.3 Å². The smallest absolute Gasteiger partial charge is 0.328 e. The largest absolute Gasteiger partial charge is 0.478 e. The van der Waals surface area contributed by atoms with Crippen LogP contribution in [-0.2, 0) is 11.2 Å². The monoisotopic (exact) mass is 240 g/mol. The molecule has 0 radical (unpaired) electrons. The highest BCUT2D eigenvalue weighted by molar-refractivity contribution is 5.85. The van der Waals surface area contributed by atoms with Crippen LogP contribution in [0.15, 0.2) is 54.1 Å². The number of carboxylic acids is 1. The third-order valence-corrected chi connectivity index (χ3v) is 3.04. The highest BCUT2D eigenvalue weighted by Crippen LogP contribution is 2.20. The minimum Gasteiger partial charge on any atom is -0.478 e. The van der Waals surface area contributed by atoms with Gasteiger partial charge in [0.1, 0.15) is 0 Å². The van der Waals surface area contributed by atoms with Crippen LogP contribution in [0.2, 0.25) is 0 Å². The van der Waals surface area contributed by atoms with Crippen LogP contribution >= 0.6 is 0 Å². The first-order valence-electron chi connectivity index (χ1n) is 6.03. The Bertz CT molecular complexity index is 592. The molecule has 0 heterocycles. The van der Waals surface area contributed by atoms with E-state index in [4.69, 9.17) is 5.11 Å². The first-order chi connectivity index (χ1) is 8.66. The second-order valence-corrected chi connectivity index (χ2v) is 4.47. The first kappa shape index (κ1) is 12.4. The molecule has 0 spiro atoms. The van der Waals surface area contributed by atoms with E-state index in [1.54, 1.807) is 0 Å². The molecule has 0 fully saturated rings. The zero-order chi connectivity index (χ0) is 13.0. The SMILES string of the molecule is C/C(=C\C(=O)O)CCc1cccc2ccccc12. The summed E-state index contributed by atoms with van der Waals surface area (Å²) in [5, 5.41) is 11.2. The molecule has 92 valence electrons. The minimum atomic E-state index is -0.870. The number of aliphatic carboxylic acids is 1. The molecule has 0 aliphatic carbocycles. The molecule has 18 heavy (non-hydrogen) atoms. The standard InChI is InChI=1S/C16H16O2/c1-12(11-16(17)18)9-10-14-7-4-6-13-5-2-3-8-15(13)14/h2-8,11H,9-10H2,1H3,(H,17,18)/b12-11+. The quantitative estimate of drug-likeness (QED) is 0.825. The van der Waals surface area contributed by atoms with E-state index in [1.807, 2.05) is 25.1 Å². The highest BCUT2D eigenvalue weighted by Gasteiger charge is 2.01. The maximum absolute atomic E-state index is 10.6. The van der Waals surface area contributed by atoms with Gasteiger partial charge in [0.25, 0.3) is 0 Å². The van der Waals surface area contributed by atoms with Crippen LogP contribution in [0.4, 0.5) is 0 Å². The van der Waals surface area contributed by atoms with Crippen molar-refractivity contribution in [3.05, 3.63) is 59.7 Å². The number of rotatable bonds is 4. The number of benzene rings is 2. The van der Waals surface area contributed by atoms with Crippen LogP contribution in [0.3, 0.4) is 0 Å². The fourth-order valence-electron chi connectivity index (χ4n) is 2.13. The molecule has 2 rings (SSSR count). The van der Waals surface area contributed by atoms with E-state index < -0.39 is 5.97 Å². The number of allylic oxidation sites excluding steroid dienone is 1. The van der Waals surface area contributed by atoms with Crippen LogP contribution in [0, 0.1) is 0 Å². The van der Waals surface area contributed by atoms with Gasteiger partial charge in [-0.1, -0.05) is 48.0 Å². The van der Waals surface area contributed by atoms with Crippen molar-refractivity contribution in [1.29, 1.82) is 0 Å². The second kappa shape index (κ2) is 5.50. The third kappa shape index (κ3) is 2.98. The predicted molar refractivity (Wildman–Crippen MR) is 73.7 cm³/mol. The minimum absolute atomic E-state index is 0.778. The van der Waals surface area contributed by atoms with Crippen molar-refractivity contribution >= 4 is 16.7 Å². The predicted octanol–water partition coefficient (Wildman–Crippen LogP) is 3.80. The van der Waals surface area contributed by atoms with Gasteiger partial charge in [-0.25, -0.2) is 4.79 Å². The summed E-state index contributed by atoms with van der Waals surface area (Å²) in [4.78, 5) is 10.6. The summed E-state index contributed by atoms with van der Waals surface area (Å²) in [6, 6.07) is 14.5. The topological polar surface area (TPSA) is 37.3 Å². The molecule has 2 heteroatoms. The van der Waals surface area contributed by atoms with Gasteiger partial charge in [-0.15, -0.1) is 0 Å². The summed E-state index contributed by atoms with van der Waals surface area (Å²) in [5.41, 5.74) is 2.17. The van der Waals surface area contributed by atoms with Gasteiger partial charge in [0.15, 0.2) is 0 Å². The Morgan fingerprint density at radius 3 is 2.67 bits per heavy atom. The Labute approximate surface area is 107 Å². The van der Waals surface area contributed by atoms with E-state index in [0.29, 0.717) is 0 Å². The maximum atomic E-state index is 10.6. The van der Waals surface area contributed by atoms with Crippen molar-refractivity contribution in [2.45, 2.75) is 19.8 Å². The van der Waals surface area contributed by atoms with Gasteiger partial charge in [-0.05, 0) is 36.1 Å². The lowest BCUT2D eigenvalue weighted by Crippen LogP contribution is -1.93. The molecule has 0 aliphatic rings. The Kier molecular flexibility index (Phi) is 3.78. The molecule has 0 atom stereocenters. The lowest BCUT2D eigenvalue weighted by molar-refractivity contribution is -0.131. The molecular formula is C16H16O2. The van der Waals surface area contributed by atoms with Gasteiger partial charge in [-0.3, -0.25) is 0 Å². The lowest BCUT2D eigenvalue weighted by atomic mass is 9.99. The molecule has 0 amide bonds. The zero-order valence-electron chi connectivity index (χ0n) is 10.4. The average Bonchev–Trinajstić information content (AvgIpc) is 2.35. The van der Waals surface area contributed by atoms with Crippen LogP contribution in [0.25, 0.3) is 10.8 Å². The van der Waals surface area contributed by atoms with E-state index in [0.717, 1.165) is 18.4 Å². The Hall–Kier alpha value is -2.09. The summed E-state index contributed by atoms with van der Waals surface area (Å²) < 4.78 is 0. The van der Waals surface area contributed by atoms with Crippen molar-refractivity contribution in [2.24, 2.45) is 0 Å². The Morgan fingerprint density at radius 1 is 1.17 bits per heavy atom. The summed E-state index contributed by atoms with van der Waals surface area (Å²) >= 11 is 0. The fraction of sp³-hybridized carbons (Fsp3) is 0.188. The van der Waals surface area contributed by atoms with Gasteiger partial charge in [0.2, 0.25) is 0 Å². The molecule has 0 aromatic heterocycles. The van der Waals surface area contributed by atoms with Crippen molar-refractivity contribution in [2.75, 3.05) is 0 Å². The first-order valence-corrected chi connectivity index (χ1v) is 6.03. The molecule has 0 saturated heterocycles. The molecule has 2 aromatic rings. The summed E-state index contributed by atoms with van der Waals surface area (Å²) in [7, 11) is 0. The second-order valence-electron chi connectivity index (χ2n) is 4.47. The summed E-state index contributed by atoms with van der Waals surface area (Å²) in [6.07, 6.45) is 2.93. The number of carbonyl (C=O) groups is 1. The van der Waals surface area contributed by atoms with E-state index in [-0.39, 0.29) is 0 Å². The highest BCUT2D eigenvalue weighted by atomic mass is 16.4. The molecule has 0 unspecified atom stereocenters. The molecule has 0 bridgehead atoms. The number of aryl methyl sites for hydroxylation is 1. The number of hydrogen-bond donors (Lipinski definition) is 1. The van der Waals surface area contributed by atoms with Gasteiger partial charge >= 0.3 is 5.97 Å². The molecular weight excluding hydrogens is 224 g/mol. The lowest BCUT2D eigenvalue weighted by Gasteiger charge is -2.06. The Morgan fingerprint density at radius 2 is 1.89 bits per heavy atom. The van der Waals surface area contributed by atoms with Gasteiger partial charge < -0.3 is 5.11 Å². The van der Waals surface area contributed by atoms with E-state index in [9.17, 15) is 4.79 Å². The molecule has 0 aliphatic heterocycles. The number of carboxylic acid groups (broad SMARTS) is 1. The third-order valence-electron chi connectivity index (χ3n) is 3.04. The van der Waals surface area contributed by atoms with E-state index >= 15 is 0 Å². The van der Waals surface area contributed by atoms with Crippen LogP contribution in [0.5, 0.6) is 0 Å². The molecule has 2 aromatic carbocycles. The van der Waals surface area contributed by atoms with E-state index in [1.165, 1.54) is 22.4 Å². The maximum Gasteiger partial charge on any atom is 0.328 e. The van der Waals surface area contributed by atoms with Crippen LogP contribution in [-0.4, -0.2) is 11.1 Å². The molecule has 2 nitrogen and oxygen atoms in total. The van der Waals surface area contributed by atoms with Gasteiger partial charge in [-0.2, -0.15) is 0 Å². The average molecular weight is 240 g/mol. The van der Waals surface area contributed by atoms with Gasteiger partial charge in [0.05, 0.1) is 0 Å². The van der Waals surface area contributed by atoms with Crippen molar-refractivity contribution < 1.29 is 9.90 Å². The van der Waals surface area contributed by atoms with Crippen molar-refractivity contribution in [1.82, 2.24) is 0 Å². The van der Waals surface area contributed by atoms with Crippen LogP contribution < -0.4 is 0 Å². The van der Waals surface area contributed by atoms with Crippen LogP contribution in [0.1, 0.15) is 18.9 Å². The molecule has 0 saturated carbocycles. The number of fused-ring (bicyclic) bond motifs is 1. The normalized spacial score (nSPS) is 11.7. The van der Waals surface area contributed by atoms with Crippen molar-refractivity contribution in [3.63, 3.8) is 0 Å². The molecule has 1 N–H and O–H groups in total.